The predicted octanol–water partition coefficient (Wildman–Crippen LogP) is 2.58. The fourth-order valence-electron chi connectivity index (χ4n) is 2.45. The minimum atomic E-state index is -0.334. The van der Waals surface area contributed by atoms with E-state index < -0.39 is 0 Å². The maximum absolute atomic E-state index is 11.9. The van der Waals surface area contributed by atoms with E-state index in [-0.39, 0.29) is 12.1 Å². The van der Waals surface area contributed by atoms with E-state index in [9.17, 15) is 4.79 Å². The summed E-state index contributed by atoms with van der Waals surface area (Å²) < 4.78 is 11.5. The Morgan fingerprint density at radius 2 is 2.39 bits per heavy atom. The third kappa shape index (κ3) is 3.70. The van der Waals surface area contributed by atoms with E-state index in [0.29, 0.717) is 18.3 Å². The second kappa shape index (κ2) is 6.82. The fraction of sp³-hybridized carbons (Fsp3) is 0.400. The van der Waals surface area contributed by atoms with Crippen molar-refractivity contribution in [3.05, 3.63) is 28.8 Å². The van der Waals surface area contributed by atoms with Crippen LogP contribution in [0.4, 0.5) is 9.93 Å². The lowest BCUT2D eigenvalue weighted by Crippen LogP contribution is -2.28. The van der Waals surface area contributed by atoms with Crippen LogP contribution in [0.5, 0.6) is 11.5 Å². The molecule has 23 heavy (non-hydrogen) atoms. The number of ether oxygens (including phenoxy) is 2. The average molecular weight is 334 g/mol. The smallest absolute Gasteiger partial charge is 0.321 e. The molecule has 1 aromatic heterocycles. The van der Waals surface area contributed by atoms with Crippen molar-refractivity contribution in [2.45, 2.75) is 32.9 Å². The molecule has 0 fully saturated rings. The van der Waals surface area contributed by atoms with E-state index in [1.165, 1.54) is 11.3 Å². The summed E-state index contributed by atoms with van der Waals surface area (Å²) in [6, 6.07) is 3.61. The van der Waals surface area contributed by atoms with Crippen molar-refractivity contribution in [1.29, 1.82) is 0 Å². The van der Waals surface area contributed by atoms with E-state index in [2.05, 4.69) is 20.8 Å². The molecule has 0 radical (unpaired) electrons. The van der Waals surface area contributed by atoms with Gasteiger partial charge in [-0.3, -0.25) is 5.32 Å². The quantitative estimate of drug-likeness (QED) is 0.878. The van der Waals surface area contributed by atoms with Gasteiger partial charge in [0.15, 0.2) is 0 Å². The van der Waals surface area contributed by atoms with Gasteiger partial charge in [-0.25, -0.2) is 4.79 Å². The highest BCUT2D eigenvalue weighted by Crippen LogP contribution is 2.35. The molecule has 3 rings (SSSR count). The van der Waals surface area contributed by atoms with Gasteiger partial charge >= 0.3 is 6.03 Å². The molecule has 0 saturated carbocycles. The summed E-state index contributed by atoms with van der Waals surface area (Å²) in [5.74, 6) is 1.64. The van der Waals surface area contributed by atoms with Crippen LogP contribution in [0, 0.1) is 0 Å². The summed E-state index contributed by atoms with van der Waals surface area (Å²) in [5.41, 5.74) is 3.58. The molecule has 1 aliphatic rings. The summed E-state index contributed by atoms with van der Waals surface area (Å²) in [4.78, 5) is 11.9. The Balaban J connectivity index is 1.69. The van der Waals surface area contributed by atoms with Gasteiger partial charge in [0.05, 0.1) is 6.61 Å². The molecule has 1 aromatic carbocycles. The average Bonchev–Trinajstić information content (AvgIpc) is 3.13. The molecule has 7 nitrogen and oxygen atoms in total. The number of hydrogen-bond donors (Lipinski definition) is 2. The number of nitrogens with zero attached hydrogens (tertiary/aromatic N) is 2. The molecule has 0 bridgehead atoms. The number of nitrogens with one attached hydrogen (secondary N) is 2. The first kappa shape index (κ1) is 15.5. The summed E-state index contributed by atoms with van der Waals surface area (Å²) in [7, 11) is 0. The fourth-order valence-corrected chi connectivity index (χ4v) is 2.89. The topological polar surface area (TPSA) is 85.4 Å². The monoisotopic (exact) mass is 334 g/mol. The standard InChI is InChI=1S/C15H18N4O3S/c1-3-21-12-5-10-4-9(2)22-13(10)6-11(12)7-16-14(20)18-15-19-17-8-23-15/h5-6,8-9H,3-4,7H2,1-2H3,(H2,16,18,19,20)/t9-/m0/s1. The van der Waals surface area contributed by atoms with Crippen molar-refractivity contribution >= 4 is 22.5 Å². The van der Waals surface area contributed by atoms with Crippen LogP contribution in [0.25, 0.3) is 0 Å². The van der Waals surface area contributed by atoms with Crippen LogP contribution in [0.2, 0.25) is 0 Å². The van der Waals surface area contributed by atoms with E-state index in [1.807, 2.05) is 26.0 Å². The number of carbonyl (C=O) groups excluding carboxylic acids is 1. The molecule has 1 aliphatic heterocycles. The molecule has 0 aliphatic carbocycles. The highest BCUT2D eigenvalue weighted by atomic mass is 32.1. The molecule has 0 saturated heterocycles. The van der Waals surface area contributed by atoms with Crippen molar-refractivity contribution in [2.24, 2.45) is 0 Å². The van der Waals surface area contributed by atoms with Crippen LogP contribution < -0.4 is 20.1 Å². The van der Waals surface area contributed by atoms with E-state index in [4.69, 9.17) is 9.47 Å². The zero-order valence-corrected chi connectivity index (χ0v) is 13.8. The molecular formula is C15H18N4O3S. The van der Waals surface area contributed by atoms with Gasteiger partial charge in [0.1, 0.15) is 23.1 Å². The number of carbonyl (C=O) groups is 1. The Kier molecular flexibility index (Phi) is 4.61. The maximum Gasteiger partial charge on any atom is 0.321 e. The number of anilines is 1. The largest absolute Gasteiger partial charge is 0.494 e. The van der Waals surface area contributed by atoms with Gasteiger partial charge in [-0.05, 0) is 26.0 Å². The second-order valence-electron chi connectivity index (χ2n) is 5.18. The van der Waals surface area contributed by atoms with Gasteiger partial charge < -0.3 is 14.8 Å². The van der Waals surface area contributed by atoms with Crippen molar-refractivity contribution in [1.82, 2.24) is 15.5 Å². The van der Waals surface area contributed by atoms with Crippen LogP contribution >= 0.6 is 11.3 Å². The number of aromatic nitrogens is 2. The summed E-state index contributed by atoms with van der Waals surface area (Å²) >= 11 is 1.26. The second-order valence-corrected chi connectivity index (χ2v) is 6.02. The molecular weight excluding hydrogens is 316 g/mol. The van der Waals surface area contributed by atoms with Gasteiger partial charge in [-0.2, -0.15) is 0 Å². The number of amides is 2. The highest BCUT2D eigenvalue weighted by molar-refractivity contribution is 7.13. The van der Waals surface area contributed by atoms with Gasteiger partial charge in [-0.15, -0.1) is 10.2 Å². The molecule has 2 aromatic rings. The summed E-state index contributed by atoms with van der Waals surface area (Å²) in [6.07, 6.45) is 1.05. The third-order valence-corrected chi connectivity index (χ3v) is 4.01. The van der Waals surface area contributed by atoms with Crippen LogP contribution in [-0.2, 0) is 13.0 Å². The van der Waals surface area contributed by atoms with Crippen LogP contribution in [0.1, 0.15) is 25.0 Å². The lowest BCUT2D eigenvalue weighted by atomic mass is 10.1. The molecule has 122 valence electrons. The van der Waals surface area contributed by atoms with Crippen molar-refractivity contribution in [3.8, 4) is 11.5 Å². The number of fused-ring (bicyclic) bond motifs is 1. The van der Waals surface area contributed by atoms with Crippen LogP contribution in [0.3, 0.4) is 0 Å². The van der Waals surface area contributed by atoms with E-state index >= 15 is 0 Å². The van der Waals surface area contributed by atoms with E-state index in [1.54, 1.807) is 5.51 Å². The van der Waals surface area contributed by atoms with E-state index in [0.717, 1.165) is 29.0 Å². The minimum Gasteiger partial charge on any atom is -0.494 e. The first-order chi connectivity index (χ1) is 11.2. The van der Waals surface area contributed by atoms with Crippen molar-refractivity contribution in [3.63, 3.8) is 0 Å². The van der Waals surface area contributed by atoms with Gasteiger partial charge in [0.2, 0.25) is 5.13 Å². The number of hydrogen-bond acceptors (Lipinski definition) is 6. The molecule has 2 N–H and O–H groups in total. The molecule has 0 spiro atoms. The van der Waals surface area contributed by atoms with Gasteiger partial charge in [0, 0.05) is 24.1 Å². The maximum atomic E-state index is 11.9. The molecule has 0 unspecified atom stereocenters. The predicted molar refractivity (Wildman–Crippen MR) is 87.2 cm³/mol. The lowest BCUT2D eigenvalue weighted by molar-refractivity contribution is 0.250. The summed E-state index contributed by atoms with van der Waals surface area (Å²) in [6.45, 7) is 4.88. The highest BCUT2D eigenvalue weighted by Gasteiger charge is 2.22. The molecule has 2 amide bonds. The Labute approximate surface area is 138 Å². The summed E-state index contributed by atoms with van der Waals surface area (Å²) in [5, 5.41) is 13.3. The van der Waals surface area contributed by atoms with Crippen molar-refractivity contribution < 1.29 is 14.3 Å². The molecule has 2 heterocycles. The lowest BCUT2D eigenvalue weighted by Gasteiger charge is -2.13. The SMILES string of the molecule is CCOc1cc2c(cc1CNC(=O)Nc1nncs1)O[C@@H](C)C2. The number of benzene rings is 1. The number of urea groups is 1. The zero-order valence-electron chi connectivity index (χ0n) is 13.0. The van der Waals surface area contributed by atoms with Gasteiger partial charge in [-0.1, -0.05) is 11.3 Å². The Morgan fingerprint density at radius 1 is 1.52 bits per heavy atom. The zero-order chi connectivity index (χ0) is 16.2. The normalized spacial score (nSPS) is 15.7. The Bertz CT molecular complexity index is 690. The Morgan fingerprint density at radius 3 is 3.13 bits per heavy atom. The van der Waals surface area contributed by atoms with Crippen LogP contribution in [-0.4, -0.2) is 28.9 Å². The number of rotatable bonds is 5. The molecule has 1 atom stereocenters. The Hall–Kier alpha value is -2.35. The van der Waals surface area contributed by atoms with Gasteiger partial charge in [0.25, 0.3) is 0 Å². The van der Waals surface area contributed by atoms with Crippen molar-refractivity contribution in [2.75, 3.05) is 11.9 Å². The minimum absolute atomic E-state index is 0.170. The molecule has 8 heteroatoms. The first-order valence-electron chi connectivity index (χ1n) is 7.42. The first-order valence-corrected chi connectivity index (χ1v) is 8.30. The van der Waals surface area contributed by atoms with Crippen LogP contribution in [0.15, 0.2) is 17.6 Å². The third-order valence-electron chi connectivity index (χ3n) is 3.40.